The third-order valence-corrected chi connectivity index (χ3v) is 8.65. The number of aryl methyl sites for hydroxylation is 2. The van der Waals surface area contributed by atoms with Gasteiger partial charge in [0.1, 0.15) is 17.5 Å². The minimum Gasteiger partial charge on any atom is -0.378 e. The van der Waals surface area contributed by atoms with E-state index in [2.05, 4.69) is 40.6 Å². The number of benzene rings is 2. The van der Waals surface area contributed by atoms with E-state index in [-0.39, 0.29) is 36.5 Å². The standard InChI is InChI=1S/C35H30Cl2N14O2/c1-19-15-21(36)3-5-23(19)29-25(32-40-9-10-41-32)17-44-34(47-29)49-50(14-13-39-28-8-7-27(51(52)53)31(38)46-28)35-45-18-26(33-42-11-12-43-33)30(48-35)24-6-4-22(37)16-20(24)2/h3-12,15-18H,13-14H2,1-2H3,(H,40,41)(H,42,43)(H3,38,39,46)(H,44,47,49). The maximum absolute atomic E-state index is 11.3. The summed E-state index contributed by atoms with van der Waals surface area (Å²) in [6.07, 6.45) is 10.1. The van der Waals surface area contributed by atoms with Crippen molar-refractivity contribution in [2.45, 2.75) is 13.8 Å². The first kappa shape index (κ1) is 34.8. The predicted molar refractivity (Wildman–Crippen MR) is 204 cm³/mol. The van der Waals surface area contributed by atoms with Gasteiger partial charge in [0, 0.05) is 71.0 Å². The van der Waals surface area contributed by atoms with Crippen LogP contribution >= 0.6 is 23.2 Å². The summed E-state index contributed by atoms with van der Waals surface area (Å²) in [5.41, 5.74) is 14.9. The minimum atomic E-state index is -0.585. The second kappa shape index (κ2) is 14.9. The topological polar surface area (TPSA) is 218 Å². The lowest BCUT2D eigenvalue weighted by atomic mass is 10.0. The van der Waals surface area contributed by atoms with Crippen LogP contribution < -0.4 is 21.5 Å². The molecule has 0 fully saturated rings. The second-order valence-corrected chi connectivity index (χ2v) is 12.6. The van der Waals surface area contributed by atoms with E-state index in [9.17, 15) is 10.1 Å². The highest BCUT2D eigenvalue weighted by atomic mass is 35.5. The fourth-order valence-electron chi connectivity index (χ4n) is 5.65. The van der Waals surface area contributed by atoms with E-state index in [1.807, 2.05) is 38.1 Å². The monoisotopic (exact) mass is 748 g/mol. The van der Waals surface area contributed by atoms with Gasteiger partial charge >= 0.3 is 5.69 Å². The van der Waals surface area contributed by atoms with Gasteiger partial charge in [0.15, 0.2) is 0 Å². The Labute approximate surface area is 312 Å². The number of H-pyrrole nitrogens is 2. The zero-order chi connectivity index (χ0) is 37.1. The molecule has 16 nitrogen and oxygen atoms in total. The van der Waals surface area contributed by atoms with Gasteiger partial charge in [-0.2, -0.15) is 0 Å². The molecule has 53 heavy (non-hydrogen) atoms. The summed E-state index contributed by atoms with van der Waals surface area (Å²) in [4.78, 5) is 49.4. The van der Waals surface area contributed by atoms with Gasteiger partial charge in [-0.25, -0.2) is 34.9 Å². The van der Waals surface area contributed by atoms with Gasteiger partial charge in [-0.1, -0.05) is 35.3 Å². The number of nitrogen functional groups attached to an aromatic ring is 1. The van der Waals surface area contributed by atoms with Crippen LogP contribution in [-0.2, 0) is 0 Å². The van der Waals surface area contributed by atoms with E-state index >= 15 is 0 Å². The molecule has 0 atom stereocenters. The Bertz CT molecular complexity index is 2420. The lowest BCUT2D eigenvalue weighted by Crippen LogP contribution is -2.36. The van der Waals surface area contributed by atoms with Gasteiger partial charge in [-0.05, 0) is 55.3 Å². The molecule has 0 aliphatic heterocycles. The summed E-state index contributed by atoms with van der Waals surface area (Å²) < 4.78 is 0. The van der Waals surface area contributed by atoms with Crippen LogP contribution in [0.2, 0.25) is 10.0 Å². The van der Waals surface area contributed by atoms with Crippen molar-refractivity contribution in [3.63, 3.8) is 0 Å². The normalized spacial score (nSPS) is 11.0. The predicted octanol–water partition coefficient (Wildman–Crippen LogP) is 7.14. The Hall–Kier alpha value is -6.65. The third-order valence-electron chi connectivity index (χ3n) is 8.18. The van der Waals surface area contributed by atoms with E-state index in [1.54, 1.807) is 54.3 Å². The molecule has 0 aliphatic carbocycles. The maximum atomic E-state index is 11.3. The molecule has 0 saturated heterocycles. The number of aromatic nitrogens is 9. The van der Waals surface area contributed by atoms with Crippen LogP contribution in [0.4, 0.5) is 29.2 Å². The van der Waals surface area contributed by atoms with E-state index in [1.165, 1.54) is 12.1 Å². The fourth-order valence-corrected chi connectivity index (χ4v) is 6.10. The molecule has 0 amide bonds. The van der Waals surface area contributed by atoms with Gasteiger partial charge in [-0.15, -0.1) is 0 Å². The highest BCUT2D eigenvalue weighted by molar-refractivity contribution is 6.31. The number of halogens is 2. The van der Waals surface area contributed by atoms with Gasteiger partial charge in [0.25, 0.3) is 0 Å². The Morgan fingerprint density at radius 1 is 0.792 bits per heavy atom. The molecular formula is C35H30Cl2N14O2. The van der Waals surface area contributed by atoms with Gasteiger partial charge in [-0.3, -0.25) is 20.5 Å². The Morgan fingerprint density at radius 2 is 1.40 bits per heavy atom. The van der Waals surface area contributed by atoms with Gasteiger partial charge in [0.05, 0.1) is 34.0 Å². The highest BCUT2D eigenvalue weighted by Crippen LogP contribution is 2.35. The van der Waals surface area contributed by atoms with Gasteiger partial charge < -0.3 is 21.0 Å². The van der Waals surface area contributed by atoms with Crippen LogP contribution in [0.15, 0.2) is 85.7 Å². The van der Waals surface area contributed by atoms with Crippen LogP contribution in [0.3, 0.4) is 0 Å². The zero-order valence-electron chi connectivity index (χ0n) is 28.2. The van der Waals surface area contributed by atoms with Crippen LogP contribution in [0.1, 0.15) is 11.1 Å². The van der Waals surface area contributed by atoms with Crippen molar-refractivity contribution in [2.75, 3.05) is 34.6 Å². The molecule has 266 valence electrons. The van der Waals surface area contributed by atoms with Crippen LogP contribution in [0.25, 0.3) is 45.3 Å². The third kappa shape index (κ3) is 7.53. The first-order valence-electron chi connectivity index (χ1n) is 16.1. The number of anilines is 4. The Morgan fingerprint density at radius 3 is 1.94 bits per heavy atom. The minimum absolute atomic E-state index is 0.204. The average molecular weight is 750 g/mol. The summed E-state index contributed by atoms with van der Waals surface area (Å²) in [5.74, 6) is 1.85. The lowest BCUT2D eigenvalue weighted by molar-refractivity contribution is -0.384. The number of hydrogen-bond acceptors (Lipinski definition) is 13. The average Bonchev–Trinajstić information content (AvgIpc) is 3.87. The fraction of sp³-hybridized carbons (Fsp3) is 0.114. The van der Waals surface area contributed by atoms with Crippen molar-refractivity contribution >= 4 is 52.4 Å². The number of nitrogens with two attached hydrogens (primary N) is 1. The van der Waals surface area contributed by atoms with Crippen molar-refractivity contribution in [3.05, 3.63) is 117 Å². The van der Waals surface area contributed by atoms with Crippen molar-refractivity contribution in [1.82, 2.24) is 44.9 Å². The molecule has 5 heterocycles. The molecule has 5 aromatic heterocycles. The van der Waals surface area contributed by atoms with Crippen LogP contribution in [-0.4, -0.2) is 62.9 Å². The van der Waals surface area contributed by atoms with E-state index in [0.717, 1.165) is 22.3 Å². The van der Waals surface area contributed by atoms with Crippen LogP contribution in [0, 0.1) is 24.0 Å². The maximum Gasteiger partial charge on any atom is 0.311 e. The number of nitrogens with one attached hydrogen (secondary N) is 4. The summed E-state index contributed by atoms with van der Waals surface area (Å²) in [7, 11) is 0. The number of aromatic amines is 2. The molecule has 2 aromatic carbocycles. The lowest BCUT2D eigenvalue weighted by Gasteiger charge is -2.25. The Kier molecular flexibility index (Phi) is 9.78. The molecule has 7 aromatic rings. The van der Waals surface area contributed by atoms with Gasteiger partial charge in [0.2, 0.25) is 17.7 Å². The molecule has 18 heteroatoms. The summed E-state index contributed by atoms with van der Waals surface area (Å²) in [6.45, 7) is 4.40. The molecule has 7 rings (SSSR count). The number of hydrogen-bond donors (Lipinski definition) is 5. The first-order chi connectivity index (χ1) is 25.6. The summed E-state index contributed by atoms with van der Waals surface area (Å²) in [6, 6.07) is 13.9. The number of imidazole rings is 2. The van der Waals surface area contributed by atoms with E-state index in [0.29, 0.717) is 50.0 Å². The second-order valence-electron chi connectivity index (χ2n) is 11.7. The Balaban J connectivity index is 1.29. The molecule has 0 aliphatic rings. The highest BCUT2D eigenvalue weighted by Gasteiger charge is 2.21. The number of hydrazine groups is 1. The van der Waals surface area contributed by atoms with E-state index < -0.39 is 4.92 Å². The number of nitrogens with zero attached hydrogens (tertiary/aromatic N) is 9. The number of rotatable bonds is 12. The number of nitro groups is 1. The van der Waals surface area contributed by atoms with E-state index in [4.69, 9.17) is 43.9 Å². The molecule has 6 N–H and O–H groups in total. The molecule has 0 radical (unpaired) electrons. The SMILES string of the molecule is Cc1cc(Cl)ccc1-c1nc(NN(CCNc2ccc([N+](=O)[O-])c(N)n2)c2ncc(-c3ncc[nH]3)c(-c3ccc(Cl)cc3C)n2)ncc1-c1ncc[nH]1. The number of pyridine rings is 1. The van der Waals surface area contributed by atoms with Crippen molar-refractivity contribution < 1.29 is 4.92 Å². The summed E-state index contributed by atoms with van der Waals surface area (Å²) >= 11 is 12.6. The van der Waals surface area contributed by atoms with Crippen molar-refractivity contribution in [2.24, 2.45) is 0 Å². The molecule has 0 spiro atoms. The van der Waals surface area contributed by atoms with Crippen molar-refractivity contribution in [1.29, 1.82) is 0 Å². The van der Waals surface area contributed by atoms with Crippen molar-refractivity contribution in [3.8, 4) is 45.3 Å². The quantitative estimate of drug-likeness (QED) is 0.0621. The summed E-state index contributed by atoms with van der Waals surface area (Å²) in [5, 5.41) is 17.3. The largest absolute Gasteiger partial charge is 0.378 e. The van der Waals surface area contributed by atoms with Crippen LogP contribution in [0.5, 0.6) is 0 Å². The molecule has 0 bridgehead atoms. The molecule has 0 saturated carbocycles. The first-order valence-corrected chi connectivity index (χ1v) is 16.9. The molecule has 0 unspecified atom stereocenters. The smallest absolute Gasteiger partial charge is 0.311 e. The zero-order valence-corrected chi connectivity index (χ0v) is 29.7. The molecular weight excluding hydrogens is 719 g/mol.